The van der Waals surface area contributed by atoms with Crippen LogP contribution in [0.15, 0.2) is 24.3 Å². The molecule has 0 radical (unpaired) electrons. The number of carbonyl (C=O) groups excluding carboxylic acids is 1. The summed E-state index contributed by atoms with van der Waals surface area (Å²) in [7, 11) is 0. The minimum atomic E-state index is -1.05. The minimum absolute atomic E-state index is 0.0910. The van der Waals surface area contributed by atoms with Crippen LogP contribution in [0.3, 0.4) is 0 Å². The van der Waals surface area contributed by atoms with Gasteiger partial charge in [0.05, 0.1) is 11.3 Å². The van der Waals surface area contributed by atoms with Crippen LogP contribution >= 0.6 is 0 Å². The summed E-state index contributed by atoms with van der Waals surface area (Å²) in [6.07, 6.45) is 5.02. The molecule has 0 aliphatic rings. The van der Waals surface area contributed by atoms with E-state index in [0.29, 0.717) is 5.69 Å². The molecule has 3 N–H and O–H groups in total. The van der Waals surface area contributed by atoms with Crippen molar-refractivity contribution >= 4 is 17.7 Å². The molecule has 1 aromatic rings. The van der Waals surface area contributed by atoms with E-state index in [0.717, 1.165) is 32.1 Å². The third-order valence-electron chi connectivity index (χ3n) is 3.28. The second-order valence-electron chi connectivity index (χ2n) is 5.08. The van der Waals surface area contributed by atoms with Crippen LogP contribution in [0.1, 0.15) is 56.3 Å². The Bertz CT molecular complexity index is 474. The molecule has 0 saturated carbocycles. The number of amides is 2. The summed E-state index contributed by atoms with van der Waals surface area (Å²) in [6.45, 7) is 4.20. The van der Waals surface area contributed by atoms with Crippen molar-refractivity contribution in [1.82, 2.24) is 5.32 Å². The largest absolute Gasteiger partial charge is 0.478 e. The molecule has 21 heavy (non-hydrogen) atoms. The van der Waals surface area contributed by atoms with Gasteiger partial charge in [0, 0.05) is 6.04 Å². The lowest BCUT2D eigenvalue weighted by Crippen LogP contribution is -2.38. The highest BCUT2D eigenvalue weighted by Gasteiger charge is 2.14. The third-order valence-corrected chi connectivity index (χ3v) is 3.28. The molecule has 0 heterocycles. The van der Waals surface area contributed by atoms with Crippen LogP contribution in [0.2, 0.25) is 0 Å². The third kappa shape index (κ3) is 5.85. The SMILES string of the molecule is CCCCC(CCC)NC(=O)Nc1ccccc1C(=O)O. The van der Waals surface area contributed by atoms with E-state index in [1.807, 2.05) is 0 Å². The first-order valence-electron chi connectivity index (χ1n) is 7.48. The number of hydrogen-bond donors (Lipinski definition) is 3. The van der Waals surface area contributed by atoms with Crippen molar-refractivity contribution in [1.29, 1.82) is 0 Å². The summed E-state index contributed by atoms with van der Waals surface area (Å²) >= 11 is 0. The van der Waals surface area contributed by atoms with Crippen LogP contribution in [0, 0.1) is 0 Å². The molecule has 1 aromatic carbocycles. The Kier molecular flexibility index (Phi) is 7.29. The van der Waals surface area contributed by atoms with E-state index in [1.54, 1.807) is 18.2 Å². The first kappa shape index (κ1) is 17.0. The van der Waals surface area contributed by atoms with E-state index in [1.165, 1.54) is 6.07 Å². The normalized spacial score (nSPS) is 11.7. The predicted molar refractivity (Wildman–Crippen MR) is 83.8 cm³/mol. The lowest BCUT2D eigenvalue weighted by atomic mass is 10.1. The van der Waals surface area contributed by atoms with E-state index in [9.17, 15) is 9.59 Å². The molecule has 5 heteroatoms. The van der Waals surface area contributed by atoms with Crippen molar-refractivity contribution in [2.24, 2.45) is 0 Å². The maximum Gasteiger partial charge on any atom is 0.337 e. The number of unbranched alkanes of at least 4 members (excludes halogenated alkanes) is 1. The van der Waals surface area contributed by atoms with Gasteiger partial charge in [-0.05, 0) is 25.0 Å². The smallest absolute Gasteiger partial charge is 0.337 e. The molecule has 0 aromatic heterocycles. The van der Waals surface area contributed by atoms with Crippen LogP contribution < -0.4 is 10.6 Å². The number of urea groups is 1. The summed E-state index contributed by atoms with van der Waals surface area (Å²) in [5.41, 5.74) is 0.404. The number of nitrogens with one attached hydrogen (secondary N) is 2. The molecule has 1 unspecified atom stereocenters. The summed E-state index contributed by atoms with van der Waals surface area (Å²) in [4.78, 5) is 23.1. The van der Waals surface area contributed by atoms with E-state index in [4.69, 9.17) is 5.11 Å². The molecule has 0 aliphatic heterocycles. The van der Waals surface area contributed by atoms with Gasteiger partial charge in [0.15, 0.2) is 0 Å². The number of hydrogen-bond acceptors (Lipinski definition) is 2. The highest BCUT2D eigenvalue weighted by atomic mass is 16.4. The van der Waals surface area contributed by atoms with Gasteiger partial charge in [0.25, 0.3) is 0 Å². The molecule has 1 rings (SSSR count). The molecule has 0 bridgehead atoms. The second kappa shape index (κ2) is 9.00. The summed E-state index contributed by atoms with van der Waals surface area (Å²) in [6, 6.07) is 6.17. The van der Waals surface area contributed by atoms with Crippen molar-refractivity contribution in [3.05, 3.63) is 29.8 Å². The van der Waals surface area contributed by atoms with Gasteiger partial charge in [0.2, 0.25) is 0 Å². The summed E-state index contributed by atoms with van der Waals surface area (Å²) in [5.74, 6) is -1.05. The average molecular weight is 292 g/mol. The number of carboxylic acid groups (broad SMARTS) is 1. The van der Waals surface area contributed by atoms with Crippen molar-refractivity contribution in [3.8, 4) is 0 Å². The summed E-state index contributed by atoms with van der Waals surface area (Å²) in [5, 5.41) is 14.6. The van der Waals surface area contributed by atoms with Crippen LogP contribution in [-0.2, 0) is 0 Å². The molecule has 0 fully saturated rings. The second-order valence-corrected chi connectivity index (χ2v) is 5.08. The van der Waals surface area contributed by atoms with Gasteiger partial charge in [0.1, 0.15) is 0 Å². The van der Waals surface area contributed by atoms with Crippen molar-refractivity contribution in [3.63, 3.8) is 0 Å². The predicted octanol–water partition coefficient (Wildman–Crippen LogP) is 3.87. The first-order chi connectivity index (χ1) is 10.1. The molecule has 5 nitrogen and oxygen atoms in total. The monoisotopic (exact) mass is 292 g/mol. The zero-order valence-corrected chi connectivity index (χ0v) is 12.7. The van der Waals surface area contributed by atoms with Crippen LogP contribution in [0.4, 0.5) is 10.5 Å². The lowest BCUT2D eigenvalue weighted by molar-refractivity contribution is 0.0698. The summed E-state index contributed by atoms with van der Waals surface area (Å²) < 4.78 is 0. The molecule has 1 atom stereocenters. The molecular weight excluding hydrogens is 268 g/mol. The van der Waals surface area contributed by atoms with E-state index in [-0.39, 0.29) is 17.6 Å². The number of anilines is 1. The number of carbonyl (C=O) groups is 2. The standard InChI is InChI=1S/C16H24N2O3/c1-3-5-9-12(8-4-2)17-16(21)18-14-11-7-6-10-13(14)15(19)20/h6-7,10-12H,3-5,8-9H2,1-2H3,(H,19,20)(H2,17,18,21). The van der Waals surface area contributed by atoms with Gasteiger partial charge in [-0.15, -0.1) is 0 Å². The molecule has 116 valence electrons. The molecule has 0 saturated heterocycles. The zero-order valence-electron chi connectivity index (χ0n) is 12.7. The lowest BCUT2D eigenvalue weighted by Gasteiger charge is -2.18. The quantitative estimate of drug-likeness (QED) is 0.680. The number of benzene rings is 1. The maximum atomic E-state index is 12.0. The Labute approximate surface area is 125 Å². The van der Waals surface area contributed by atoms with Crippen LogP contribution in [0.5, 0.6) is 0 Å². The Morgan fingerprint density at radius 2 is 1.86 bits per heavy atom. The van der Waals surface area contributed by atoms with Gasteiger partial charge >= 0.3 is 12.0 Å². The molecule has 0 spiro atoms. The molecule has 2 amide bonds. The van der Waals surface area contributed by atoms with Gasteiger partial charge in [-0.3, -0.25) is 0 Å². The number of aromatic carboxylic acids is 1. The first-order valence-corrected chi connectivity index (χ1v) is 7.48. The Balaban J connectivity index is 2.65. The minimum Gasteiger partial charge on any atom is -0.478 e. The number of carboxylic acids is 1. The zero-order chi connectivity index (χ0) is 15.7. The fraction of sp³-hybridized carbons (Fsp3) is 0.500. The highest BCUT2D eigenvalue weighted by Crippen LogP contribution is 2.15. The van der Waals surface area contributed by atoms with Gasteiger partial charge < -0.3 is 15.7 Å². The van der Waals surface area contributed by atoms with E-state index in [2.05, 4.69) is 24.5 Å². The maximum absolute atomic E-state index is 12.0. The number of rotatable bonds is 8. The van der Waals surface area contributed by atoms with Crippen LogP contribution in [-0.4, -0.2) is 23.1 Å². The fourth-order valence-electron chi connectivity index (χ4n) is 2.21. The van der Waals surface area contributed by atoms with Gasteiger partial charge in [-0.25, -0.2) is 9.59 Å². The number of para-hydroxylation sites is 1. The van der Waals surface area contributed by atoms with Crippen molar-refractivity contribution in [2.75, 3.05) is 5.32 Å². The van der Waals surface area contributed by atoms with Crippen LogP contribution in [0.25, 0.3) is 0 Å². The highest BCUT2D eigenvalue weighted by molar-refractivity contribution is 5.99. The van der Waals surface area contributed by atoms with E-state index < -0.39 is 5.97 Å². The average Bonchev–Trinajstić information content (AvgIpc) is 2.45. The topological polar surface area (TPSA) is 78.4 Å². The Morgan fingerprint density at radius 3 is 2.48 bits per heavy atom. The Hall–Kier alpha value is -2.04. The Morgan fingerprint density at radius 1 is 1.14 bits per heavy atom. The van der Waals surface area contributed by atoms with Gasteiger partial charge in [-0.1, -0.05) is 45.2 Å². The molecule has 0 aliphatic carbocycles. The molecular formula is C16H24N2O3. The van der Waals surface area contributed by atoms with Crippen molar-refractivity contribution < 1.29 is 14.7 Å². The van der Waals surface area contributed by atoms with Gasteiger partial charge in [-0.2, -0.15) is 0 Å². The fourth-order valence-corrected chi connectivity index (χ4v) is 2.21. The van der Waals surface area contributed by atoms with E-state index >= 15 is 0 Å². The van der Waals surface area contributed by atoms with Crippen molar-refractivity contribution in [2.45, 2.75) is 52.0 Å².